The number of aromatic nitrogens is 2. The van der Waals surface area contributed by atoms with Crippen molar-refractivity contribution in [3.05, 3.63) is 6.07 Å². The van der Waals surface area contributed by atoms with Crippen LogP contribution in [0.25, 0.3) is 0 Å². The van der Waals surface area contributed by atoms with Gasteiger partial charge in [0.1, 0.15) is 11.6 Å². The van der Waals surface area contributed by atoms with Crippen molar-refractivity contribution < 1.29 is 4.74 Å². The van der Waals surface area contributed by atoms with Crippen LogP contribution in [0, 0.1) is 0 Å². The van der Waals surface area contributed by atoms with Gasteiger partial charge in [-0.05, 0) is 26.5 Å². The molecule has 1 rings (SSSR count). The first kappa shape index (κ1) is 16.0. The summed E-state index contributed by atoms with van der Waals surface area (Å²) in [7, 11) is 1.71. The molecule has 0 fully saturated rings. The monoisotopic (exact) mass is 284 g/mol. The van der Waals surface area contributed by atoms with Gasteiger partial charge in [-0.1, -0.05) is 18.7 Å². The van der Waals surface area contributed by atoms with Crippen molar-refractivity contribution in [1.82, 2.24) is 9.97 Å². The molecule has 0 aliphatic carbocycles. The Morgan fingerprint density at radius 2 is 1.89 bits per heavy atom. The molecule has 1 aromatic heterocycles. The van der Waals surface area contributed by atoms with Gasteiger partial charge in [0.05, 0.1) is 5.60 Å². The minimum atomic E-state index is -0.221. The molecule has 5 nitrogen and oxygen atoms in total. The highest BCUT2D eigenvalue weighted by Crippen LogP contribution is 2.18. The van der Waals surface area contributed by atoms with Gasteiger partial charge in [-0.3, -0.25) is 0 Å². The Morgan fingerprint density at radius 1 is 1.26 bits per heavy atom. The van der Waals surface area contributed by atoms with E-state index < -0.39 is 0 Å². The Morgan fingerprint density at radius 3 is 2.42 bits per heavy atom. The molecular weight excluding hydrogens is 260 g/mol. The van der Waals surface area contributed by atoms with Crippen LogP contribution in [0.1, 0.15) is 27.2 Å². The van der Waals surface area contributed by atoms with Gasteiger partial charge in [0, 0.05) is 26.3 Å². The molecule has 19 heavy (non-hydrogen) atoms. The average molecular weight is 284 g/mol. The summed E-state index contributed by atoms with van der Waals surface area (Å²) in [6.45, 7) is 7.80. The van der Waals surface area contributed by atoms with Gasteiger partial charge in [-0.2, -0.15) is 0 Å². The SMILES string of the molecule is CCCNc1cc(NCC(C)(C)OC)nc(SC)n1. The lowest BCUT2D eigenvalue weighted by Gasteiger charge is -2.23. The van der Waals surface area contributed by atoms with Crippen LogP contribution in [-0.4, -0.2) is 42.0 Å². The van der Waals surface area contributed by atoms with Crippen LogP contribution in [0.15, 0.2) is 11.2 Å². The van der Waals surface area contributed by atoms with Crippen molar-refractivity contribution in [3.8, 4) is 0 Å². The first-order valence-corrected chi connectivity index (χ1v) is 7.69. The number of nitrogens with one attached hydrogen (secondary N) is 2. The summed E-state index contributed by atoms with van der Waals surface area (Å²) in [6, 6.07) is 1.93. The Bertz CT molecular complexity index is 398. The molecule has 0 aliphatic rings. The Balaban J connectivity index is 2.76. The maximum atomic E-state index is 5.38. The molecule has 1 aromatic rings. The Labute approximate surface area is 119 Å². The van der Waals surface area contributed by atoms with Crippen molar-refractivity contribution in [2.75, 3.05) is 37.1 Å². The fourth-order valence-electron chi connectivity index (χ4n) is 1.33. The van der Waals surface area contributed by atoms with E-state index in [9.17, 15) is 0 Å². The van der Waals surface area contributed by atoms with E-state index in [1.165, 1.54) is 11.8 Å². The lowest BCUT2D eigenvalue weighted by molar-refractivity contribution is 0.0343. The molecule has 0 aromatic carbocycles. The van der Waals surface area contributed by atoms with Crippen LogP contribution in [0.3, 0.4) is 0 Å². The number of hydrogen-bond acceptors (Lipinski definition) is 6. The standard InChI is InChI=1S/C13H24N4OS/c1-6-7-14-10-8-11(17-12(16-10)19-5)15-9-13(2,3)18-4/h8H,6-7,9H2,1-5H3,(H2,14,15,16,17). The molecule has 0 radical (unpaired) electrons. The zero-order chi connectivity index (χ0) is 14.3. The lowest BCUT2D eigenvalue weighted by Crippen LogP contribution is -2.32. The Hall–Kier alpha value is -1.01. The normalized spacial score (nSPS) is 11.4. The van der Waals surface area contributed by atoms with Gasteiger partial charge in [0.15, 0.2) is 5.16 Å². The topological polar surface area (TPSA) is 59.1 Å². The molecule has 6 heteroatoms. The van der Waals surface area contributed by atoms with E-state index in [1.54, 1.807) is 7.11 Å². The molecule has 0 atom stereocenters. The number of anilines is 2. The number of methoxy groups -OCH3 is 1. The minimum Gasteiger partial charge on any atom is -0.377 e. The summed E-state index contributed by atoms with van der Waals surface area (Å²) in [5.74, 6) is 1.68. The van der Waals surface area contributed by atoms with E-state index >= 15 is 0 Å². The van der Waals surface area contributed by atoms with Gasteiger partial charge in [0.2, 0.25) is 0 Å². The zero-order valence-corrected chi connectivity index (χ0v) is 13.2. The smallest absolute Gasteiger partial charge is 0.191 e. The van der Waals surface area contributed by atoms with Crippen molar-refractivity contribution in [2.45, 2.75) is 37.9 Å². The highest BCUT2D eigenvalue weighted by Gasteiger charge is 2.16. The summed E-state index contributed by atoms with van der Waals surface area (Å²) < 4.78 is 5.38. The zero-order valence-electron chi connectivity index (χ0n) is 12.4. The highest BCUT2D eigenvalue weighted by molar-refractivity contribution is 7.98. The predicted octanol–water partition coefficient (Wildman–Crippen LogP) is 2.86. The van der Waals surface area contributed by atoms with Gasteiger partial charge in [-0.25, -0.2) is 9.97 Å². The number of hydrogen-bond donors (Lipinski definition) is 2. The second-order valence-corrected chi connectivity index (χ2v) is 5.64. The predicted molar refractivity (Wildman–Crippen MR) is 82.2 cm³/mol. The minimum absolute atomic E-state index is 0.221. The number of nitrogens with zero attached hydrogens (tertiary/aromatic N) is 2. The fourth-order valence-corrected chi connectivity index (χ4v) is 1.71. The maximum absolute atomic E-state index is 5.38. The summed E-state index contributed by atoms with van der Waals surface area (Å²) in [5, 5.41) is 7.35. The van der Waals surface area contributed by atoms with Crippen LogP contribution in [0.4, 0.5) is 11.6 Å². The van der Waals surface area contributed by atoms with Gasteiger partial charge >= 0.3 is 0 Å². The summed E-state index contributed by atoms with van der Waals surface area (Å²) in [5.41, 5.74) is -0.221. The molecule has 0 saturated heterocycles. The first-order valence-electron chi connectivity index (χ1n) is 6.46. The maximum Gasteiger partial charge on any atom is 0.191 e. The molecule has 0 spiro atoms. The number of ether oxygens (including phenoxy) is 1. The molecule has 0 aliphatic heterocycles. The van der Waals surface area contributed by atoms with Crippen LogP contribution >= 0.6 is 11.8 Å². The average Bonchev–Trinajstić information content (AvgIpc) is 2.42. The fraction of sp³-hybridized carbons (Fsp3) is 0.692. The van der Waals surface area contributed by atoms with Crippen molar-refractivity contribution in [3.63, 3.8) is 0 Å². The highest BCUT2D eigenvalue weighted by atomic mass is 32.2. The molecule has 0 bridgehead atoms. The van der Waals surface area contributed by atoms with Crippen molar-refractivity contribution in [1.29, 1.82) is 0 Å². The van der Waals surface area contributed by atoms with Crippen LogP contribution in [0.2, 0.25) is 0 Å². The lowest BCUT2D eigenvalue weighted by atomic mass is 10.1. The first-order chi connectivity index (χ1) is 9.00. The summed E-state index contributed by atoms with van der Waals surface area (Å²) in [6.07, 6.45) is 3.04. The third-order valence-corrected chi connectivity index (χ3v) is 3.24. The van der Waals surface area contributed by atoms with Gasteiger partial charge in [-0.15, -0.1) is 0 Å². The van der Waals surface area contributed by atoms with Gasteiger partial charge < -0.3 is 15.4 Å². The van der Waals surface area contributed by atoms with E-state index in [-0.39, 0.29) is 5.60 Å². The van der Waals surface area contributed by atoms with E-state index in [0.717, 1.165) is 29.8 Å². The summed E-state index contributed by atoms with van der Waals surface area (Å²) in [4.78, 5) is 8.87. The van der Waals surface area contributed by atoms with E-state index in [4.69, 9.17) is 4.74 Å². The second kappa shape index (κ2) is 7.55. The largest absolute Gasteiger partial charge is 0.377 e. The number of rotatable bonds is 8. The van der Waals surface area contributed by atoms with Crippen molar-refractivity contribution >= 4 is 23.4 Å². The van der Waals surface area contributed by atoms with Crippen LogP contribution in [-0.2, 0) is 4.74 Å². The molecule has 0 saturated carbocycles. The summed E-state index contributed by atoms with van der Waals surface area (Å²) >= 11 is 1.54. The Kier molecular flexibility index (Phi) is 6.37. The third kappa shape index (κ3) is 5.65. The molecule has 0 unspecified atom stereocenters. The molecule has 2 N–H and O–H groups in total. The van der Waals surface area contributed by atoms with Crippen LogP contribution in [0.5, 0.6) is 0 Å². The van der Waals surface area contributed by atoms with E-state index in [0.29, 0.717) is 6.54 Å². The van der Waals surface area contributed by atoms with Crippen LogP contribution < -0.4 is 10.6 Å². The second-order valence-electron chi connectivity index (χ2n) is 4.87. The third-order valence-electron chi connectivity index (χ3n) is 2.69. The van der Waals surface area contributed by atoms with E-state index in [2.05, 4.69) is 27.5 Å². The van der Waals surface area contributed by atoms with E-state index in [1.807, 2.05) is 26.2 Å². The molecular formula is C13H24N4OS. The van der Waals surface area contributed by atoms with Crippen molar-refractivity contribution in [2.24, 2.45) is 0 Å². The quantitative estimate of drug-likeness (QED) is 0.565. The molecule has 0 amide bonds. The number of thioether (sulfide) groups is 1. The molecule has 1 heterocycles. The molecule has 108 valence electrons. The van der Waals surface area contributed by atoms with Gasteiger partial charge in [0.25, 0.3) is 0 Å².